The monoisotopic (exact) mass is 385 g/mol. The lowest BCUT2D eigenvalue weighted by Gasteiger charge is -2.35. The van der Waals surface area contributed by atoms with Crippen LogP contribution in [0, 0.1) is 20.4 Å². The van der Waals surface area contributed by atoms with E-state index in [4.69, 9.17) is 11.3 Å². The lowest BCUT2D eigenvalue weighted by Crippen LogP contribution is -2.40. The van der Waals surface area contributed by atoms with Crippen molar-refractivity contribution in [3.63, 3.8) is 0 Å². The number of aryl methyl sites for hydroxylation is 2. The molecule has 0 amide bonds. The molecule has 1 saturated heterocycles. The highest BCUT2D eigenvalue weighted by atomic mass is 16.6. The van der Waals surface area contributed by atoms with Crippen LogP contribution in [0.15, 0.2) is 54.4 Å². The molecule has 1 atom stereocenters. The van der Waals surface area contributed by atoms with E-state index in [1.807, 2.05) is 0 Å². The van der Waals surface area contributed by atoms with Crippen molar-refractivity contribution in [2.45, 2.75) is 64.4 Å². The molecule has 2 heterocycles. The molecule has 2 aromatic rings. The Kier molecular flexibility index (Phi) is 4.37. The van der Waals surface area contributed by atoms with Gasteiger partial charge in [0, 0.05) is 6.54 Å². The fourth-order valence-corrected chi connectivity index (χ4v) is 5.11. The molecule has 0 radical (unpaired) electrons. The molecule has 29 heavy (non-hydrogen) atoms. The molecular formula is C25H27N3O. The lowest BCUT2D eigenvalue weighted by atomic mass is 9.82. The quantitative estimate of drug-likeness (QED) is 0.600. The van der Waals surface area contributed by atoms with Crippen molar-refractivity contribution in [2.75, 3.05) is 9.80 Å². The normalized spacial score (nSPS) is 23.3. The Bertz CT molecular complexity index is 999. The maximum Gasteiger partial charge on any atom is 0.214 e. The third-order valence-electron chi connectivity index (χ3n) is 6.75. The summed E-state index contributed by atoms with van der Waals surface area (Å²) < 4.78 is 6.87. The summed E-state index contributed by atoms with van der Waals surface area (Å²) in [5, 5.41) is 0. The maximum atomic E-state index is 7.56. The van der Waals surface area contributed by atoms with Crippen molar-refractivity contribution < 1.29 is 4.74 Å². The Morgan fingerprint density at radius 1 is 1.07 bits per heavy atom. The number of nitrogens with zero attached hydrogens (tertiary/aromatic N) is 3. The van der Waals surface area contributed by atoms with E-state index >= 15 is 0 Å². The van der Waals surface area contributed by atoms with Gasteiger partial charge in [-0.15, -0.1) is 0 Å². The van der Waals surface area contributed by atoms with Gasteiger partial charge in [0.25, 0.3) is 0 Å². The van der Waals surface area contributed by atoms with Gasteiger partial charge >= 0.3 is 0 Å². The summed E-state index contributed by atoms with van der Waals surface area (Å²) in [6, 6.07) is 15.1. The van der Waals surface area contributed by atoms with E-state index in [-0.39, 0.29) is 12.0 Å². The molecule has 1 spiro atoms. The van der Waals surface area contributed by atoms with Gasteiger partial charge in [0.15, 0.2) is 6.20 Å². The number of ether oxygens (including phenoxy) is 1. The molecule has 0 N–H and O–H groups in total. The minimum atomic E-state index is -0.321. The maximum absolute atomic E-state index is 7.56. The molecular weight excluding hydrogens is 358 g/mol. The molecule has 4 nitrogen and oxygen atoms in total. The van der Waals surface area contributed by atoms with Crippen molar-refractivity contribution in [3.8, 4) is 0 Å². The molecule has 1 unspecified atom stereocenters. The van der Waals surface area contributed by atoms with Crippen LogP contribution in [0.3, 0.4) is 0 Å². The second-order valence-corrected chi connectivity index (χ2v) is 8.55. The molecule has 1 aliphatic carbocycles. The average molecular weight is 386 g/mol. The second kappa shape index (κ2) is 6.93. The van der Waals surface area contributed by atoms with Crippen LogP contribution in [-0.4, -0.2) is 12.0 Å². The number of hydrogen-bond donors (Lipinski definition) is 0. The minimum Gasteiger partial charge on any atom is -0.328 e. The summed E-state index contributed by atoms with van der Waals surface area (Å²) in [5.74, 6) is 0. The van der Waals surface area contributed by atoms with E-state index < -0.39 is 0 Å². The number of benzene rings is 2. The van der Waals surface area contributed by atoms with Crippen molar-refractivity contribution in [1.29, 1.82) is 0 Å². The van der Waals surface area contributed by atoms with Gasteiger partial charge in [0.05, 0.1) is 23.6 Å². The highest BCUT2D eigenvalue weighted by Gasteiger charge is 2.55. The Labute approximate surface area is 173 Å². The van der Waals surface area contributed by atoms with E-state index in [0.717, 1.165) is 37.9 Å². The summed E-state index contributed by atoms with van der Waals surface area (Å²) in [5.41, 5.74) is 6.93. The zero-order valence-electron chi connectivity index (χ0n) is 17.2. The van der Waals surface area contributed by atoms with E-state index in [2.05, 4.69) is 71.0 Å². The Hall–Kier alpha value is -2.77. The third kappa shape index (κ3) is 2.84. The highest BCUT2D eigenvalue weighted by molar-refractivity contribution is 5.82. The van der Waals surface area contributed by atoms with Crippen molar-refractivity contribution in [1.82, 2.24) is 0 Å². The standard InChI is InChI=1S/C25H27N3O/c1-18-14-21-22(15-19(18)2)28-23(16-26-3)25(12-8-5-9-13-25)29-24(28)27(21)17-20-10-6-4-7-11-20/h4,6-7,10-11,14-16,24H,5,8-9,12-13,17H2,1-2H3/b23-16-. The van der Waals surface area contributed by atoms with Crippen LogP contribution in [0.2, 0.25) is 0 Å². The average Bonchev–Trinajstić information content (AvgIpc) is 3.17. The minimum absolute atomic E-state index is 0.183. The predicted molar refractivity (Wildman–Crippen MR) is 116 cm³/mol. The molecule has 3 aliphatic rings. The van der Waals surface area contributed by atoms with Crippen LogP contribution in [0.25, 0.3) is 4.85 Å². The first-order chi connectivity index (χ1) is 14.1. The molecule has 1 saturated carbocycles. The lowest BCUT2D eigenvalue weighted by molar-refractivity contribution is -0.0482. The van der Waals surface area contributed by atoms with Gasteiger partial charge in [-0.3, -0.25) is 0 Å². The highest BCUT2D eigenvalue weighted by Crippen LogP contribution is 2.55. The van der Waals surface area contributed by atoms with E-state index in [0.29, 0.717) is 0 Å². The predicted octanol–water partition coefficient (Wildman–Crippen LogP) is 5.91. The zero-order valence-corrected chi connectivity index (χ0v) is 17.2. The van der Waals surface area contributed by atoms with Gasteiger partial charge < -0.3 is 14.5 Å². The molecule has 5 rings (SSSR count). The summed E-state index contributed by atoms with van der Waals surface area (Å²) in [7, 11) is 0. The summed E-state index contributed by atoms with van der Waals surface area (Å²) in [6.07, 6.45) is 7.11. The SMILES string of the molecule is [C-]#[N+]/C=C1\N2c3cc(C)c(C)cc3N(Cc3ccccc3)C2OC12CCCCC2. The third-order valence-corrected chi connectivity index (χ3v) is 6.75. The zero-order chi connectivity index (χ0) is 20.0. The van der Waals surface area contributed by atoms with Gasteiger partial charge in [-0.1, -0.05) is 49.6 Å². The summed E-state index contributed by atoms with van der Waals surface area (Å²) in [4.78, 5) is 8.37. The molecule has 148 valence electrons. The van der Waals surface area contributed by atoms with E-state index in [1.54, 1.807) is 6.20 Å². The molecule has 2 aliphatic heterocycles. The van der Waals surface area contributed by atoms with Crippen LogP contribution in [-0.2, 0) is 11.3 Å². The molecule has 0 aromatic heterocycles. The van der Waals surface area contributed by atoms with Gasteiger partial charge in [-0.25, -0.2) is 4.85 Å². The number of anilines is 2. The van der Waals surface area contributed by atoms with Crippen LogP contribution in [0.4, 0.5) is 11.4 Å². The summed E-state index contributed by atoms with van der Waals surface area (Å²) in [6.45, 7) is 12.7. The van der Waals surface area contributed by atoms with Gasteiger partial charge in [0.1, 0.15) is 5.60 Å². The van der Waals surface area contributed by atoms with Gasteiger partial charge in [-0.05, 0) is 55.5 Å². The first-order valence-corrected chi connectivity index (χ1v) is 10.6. The van der Waals surface area contributed by atoms with Crippen molar-refractivity contribution >= 4 is 11.4 Å². The Morgan fingerprint density at radius 2 is 1.76 bits per heavy atom. The summed E-state index contributed by atoms with van der Waals surface area (Å²) >= 11 is 0. The van der Waals surface area contributed by atoms with Crippen LogP contribution < -0.4 is 9.80 Å². The van der Waals surface area contributed by atoms with Crippen molar-refractivity contribution in [3.05, 3.63) is 82.5 Å². The Morgan fingerprint density at radius 3 is 2.45 bits per heavy atom. The number of hydrogen-bond acceptors (Lipinski definition) is 3. The molecule has 4 heteroatoms. The molecule has 2 aromatic carbocycles. The van der Waals surface area contributed by atoms with Crippen LogP contribution in [0.1, 0.15) is 48.8 Å². The van der Waals surface area contributed by atoms with Crippen LogP contribution >= 0.6 is 0 Å². The second-order valence-electron chi connectivity index (χ2n) is 8.55. The van der Waals surface area contributed by atoms with E-state index in [1.165, 1.54) is 34.5 Å². The van der Waals surface area contributed by atoms with Crippen molar-refractivity contribution in [2.24, 2.45) is 0 Å². The topological polar surface area (TPSA) is 20.1 Å². The van der Waals surface area contributed by atoms with Gasteiger partial charge in [0.2, 0.25) is 6.35 Å². The van der Waals surface area contributed by atoms with Gasteiger partial charge in [-0.2, -0.15) is 0 Å². The largest absolute Gasteiger partial charge is 0.328 e. The van der Waals surface area contributed by atoms with Crippen LogP contribution in [0.5, 0.6) is 0 Å². The smallest absolute Gasteiger partial charge is 0.214 e. The first kappa shape index (κ1) is 18.3. The van der Waals surface area contributed by atoms with E-state index in [9.17, 15) is 0 Å². The number of rotatable bonds is 2. The fraction of sp³-hybridized carbons (Fsp3) is 0.400. The molecule has 2 fully saturated rings. The molecule has 0 bridgehead atoms. The fourth-order valence-electron chi connectivity index (χ4n) is 5.11. The number of fused-ring (bicyclic) bond motifs is 3. The first-order valence-electron chi connectivity index (χ1n) is 10.6. The Balaban J connectivity index is 1.64.